The number of rotatable bonds is 11. The number of nitrogens with two attached hydrogens (primary N) is 2. The maximum atomic E-state index is 11.9. The normalized spacial score (nSPS) is 10.7. The van der Waals surface area contributed by atoms with Crippen LogP contribution < -0.4 is 35.7 Å². The highest BCUT2D eigenvalue weighted by atomic mass is 32.1. The Morgan fingerprint density at radius 1 is 0.976 bits per heavy atom. The van der Waals surface area contributed by atoms with Gasteiger partial charge in [0.05, 0.1) is 27.0 Å². The van der Waals surface area contributed by atoms with Crippen molar-refractivity contribution in [1.29, 1.82) is 0 Å². The summed E-state index contributed by atoms with van der Waals surface area (Å²) in [7, 11) is 4.56. The lowest BCUT2D eigenvalue weighted by Crippen LogP contribution is -2.07. The predicted molar refractivity (Wildman–Crippen MR) is 157 cm³/mol. The molecule has 216 valence electrons. The molecule has 0 amide bonds. The Morgan fingerprint density at radius 3 is 2.33 bits per heavy atom. The van der Waals surface area contributed by atoms with Gasteiger partial charge in [0.1, 0.15) is 22.9 Å². The molecule has 0 saturated carbocycles. The maximum Gasteiger partial charge on any atom is 0.339 e. The molecule has 0 saturated heterocycles. The minimum absolute atomic E-state index is 0.00402. The van der Waals surface area contributed by atoms with Crippen molar-refractivity contribution >= 4 is 39.6 Å². The van der Waals surface area contributed by atoms with Gasteiger partial charge in [-0.3, -0.25) is 0 Å². The zero-order valence-corrected chi connectivity index (χ0v) is 23.5. The highest BCUT2D eigenvalue weighted by Crippen LogP contribution is 2.43. The number of anilines is 4. The van der Waals surface area contributed by atoms with E-state index >= 15 is 0 Å². The second-order valence-corrected chi connectivity index (χ2v) is 9.68. The first-order chi connectivity index (χ1) is 20.3. The van der Waals surface area contributed by atoms with E-state index in [2.05, 4.69) is 20.4 Å². The van der Waals surface area contributed by atoms with Gasteiger partial charge in [-0.2, -0.15) is 4.98 Å². The van der Waals surface area contributed by atoms with E-state index in [-0.39, 0.29) is 41.1 Å². The average Bonchev–Trinajstić information content (AvgIpc) is 3.62. The molecule has 14 heteroatoms. The molecule has 0 unspecified atom stereocenters. The van der Waals surface area contributed by atoms with Gasteiger partial charge >= 0.3 is 5.97 Å². The molecule has 0 aliphatic heterocycles. The van der Waals surface area contributed by atoms with Crippen LogP contribution in [-0.4, -0.2) is 47.5 Å². The van der Waals surface area contributed by atoms with Gasteiger partial charge in [0, 0.05) is 23.4 Å². The first-order valence-corrected chi connectivity index (χ1v) is 13.1. The van der Waals surface area contributed by atoms with Crippen LogP contribution in [0.4, 0.5) is 22.3 Å². The molecule has 0 aliphatic carbocycles. The van der Waals surface area contributed by atoms with Gasteiger partial charge in [-0.05, 0) is 17.7 Å². The van der Waals surface area contributed by atoms with Crippen molar-refractivity contribution in [3.63, 3.8) is 0 Å². The van der Waals surface area contributed by atoms with Crippen LogP contribution in [-0.2, 0) is 6.61 Å². The van der Waals surface area contributed by atoms with E-state index in [0.717, 1.165) is 5.56 Å². The van der Waals surface area contributed by atoms with Crippen LogP contribution >= 0.6 is 11.3 Å². The second kappa shape index (κ2) is 11.9. The zero-order valence-electron chi connectivity index (χ0n) is 22.7. The first-order valence-electron chi connectivity index (χ1n) is 12.3. The summed E-state index contributed by atoms with van der Waals surface area (Å²) >= 11 is 1.18. The van der Waals surface area contributed by atoms with Gasteiger partial charge in [0.2, 0.25) is 11.6 Å². The van der Waals surface area contributed by atoms with Crippen molar-refractivity contribution in [2.45, 2.75) is 6.61 Å². The predicted octanol–water partition coefficient (Wildman–Crippen LogP) is 5.07. The van der Waals surface area contributed by atoms with Gasteiger partial charge in [0.15, 0.2) is 22.4 Å². The number of benzene rings is 3. The molecule has 42 heavy (non-hydrogen) atoms. The Morgan fingerprint density at radius 2 is 1.69 bits per heavy atom. The smallest absolute Gasteiger partial charge is 0.339 e. The maximum absolute atomic E-state index is 11.9. The summed E-state index contributed by atoms with van der Waals surface area (Å²) in [5, 5.41) is 17.3. The Hall–Kier alpha value is -5.50. The van der Waals surface area contributed by atoms with Gasteiger partial charge in [-0.25, -0.2) is 9.78 Å². The quantitative estimate of drug-likeness (QED) is 0.149. The molecule has 0 spiro atoms. The summed E-state index contributed by atoms with van der Waals surface area (Å²) < 4.78 is 27.5. The molecule has 0 atom stereocenters. The molecule has 0 radical (unpaired) electrons. The van der Waals surface area contributed by atoms with E-state index in [1.165, 1.54) is 44.8 Å². The number of carboxylic acids is 1. The summed E-state index contributed by atoms with van der Waals surface area (Å²) in [6.07, 6.45) is 0. The Bertz CT molecular complexity index is 1710. The van der Waals surface area contributed by atoms with Gasteiger partial charge in [-0.1, -0.05) is 46.8 Å². The summed E-state index contributed by atoms with van der Waals surface area (Å²) in [5.74, 6) is 0.577. The Balaban J connectivity index is 1.42. The molecular weight excluding hydrogens is 564 g/mol. The molecule has 5 rings (SSSR count). The molecule has 13 nitrogen and oxygen atoms in total. The van der Waals surface area contributed by atoms with Gasteiger partial charge < -0.3 is 45.4 Å². The van der Waals surface area contributed by atoms with E-state index in [1.54, 1.807) is 12.1 Å². The van der Waals surface area contributed by atoms with Crippen LogP contribution in [0.15, 0.2) is 59.1 Å². The second-order valence-electron chi connectivity index (χ2n) is 8.68. The number of nitrogens with zero attached hydrogens (tertiary/aromatic N) is 3. The first kappa shape index (κ1) is 28.0. The van der Waals surface area contributed by atoms with E-state index in [1.807, 2.05) is 30.3 Å². The zero-order chi connectivity index (χ0) is 29.8. The fraction of sp³-hybridized carbons (Fsp3) is 0.143. The number of nitrogens with one attached hydrogen (secondary N) is 1. The van der Waals surface area contributed by atoms with Crippen molar-refractivity contribution in [3.05, 3.63) is 65.7 Å². The number of thiazole rings is 1. The number of nitrogen functional groups attached to an aromatic ring is 2. The molecule has 0 bridgehead atoms. The summed E-state index contributed by atoms with van der Waals surface area (Å²) in [6.45, 7) is 0.116. The van der Waals surface area contributed by atoms with Crippen molar-refractivity contribution < 1.29 is 33.4 Å². The third-order valence-corrected chi connectivity index (χ3v) is 7.06. The molecule has 3 aromatic carbocycles. The monoisotopic (exact) mass is 590 g/mol. The number of carbonyl (C=O) groups is 1. The molecular formula is C28H26N6O7S. The number of ether oxygens (including phenoxy) is 4. The number of aromatic nitrogens is 3. The van der Waals surface area contributed by atoms with Crippen LogP contribution in [0.3, 0.4) is 0 Å². The van der Waals surface area contributed by atoms with Crippen molar-refractivity contribution in [3.8, 4) is 45.2 Å². The molecule has 0 fully saturated rings. The van der Waals surface area contributed by atoms with Crippen molar-refractivity contribution in [2.75, 3.05) is 38.1 Å². The standard InChI is InChI=1S/C28H26N6O7S/c1-37-18-11-15(12-19(38-2)22(18)39-3)31-28-32-24(30)23(42-28)26-33-25(34-41-26)16-9-10-17(27(35)36)21(20(16)29)40-13-14-7-5-4-6-8-14/h4-12H,13,29-30H2,1-3H3,(H,31,32)(H,35,36). The average molecular weight is 591 g/mol. The fourth-order valence-electron chi connectivity index (χ4n) is 4.09. The summed E-state index contributed by atoms with van der Waals surface area (Å²) in [6, 6.07) is 15.6. The highest BCUT2D eigenvalue weighted by Gasteiger charge is 2.24. The fourth-order valence-corrected chi connectivity index (χ4v) is 4.92. The van der Waals surface area contributed by atoms with Gasteiger partial charge in [0.25, 0.3) is 5.89 Å². The lowest BCUT2D eigenvalue weighted by molar-refractivity contribution is 0.0692. The third-order valence-electron chi connectivity index (χ3n) is 6.08. The topological polar surface area (TPSA) is 190 Å². The minimum atomic E-state index is -1.19. The van der Waals surface area contributed by atoms with Crippen LogP contribution in [0.25, 0.3) is 22.2 Å². The van der Waals surface area contributed by atoms with Gasteiger partial charge in [-0.15, -0.1) is 0 Å². The van der Waals surface area contributed by atoms with Crippen molar-refractivity contribution in [2.24, 2.45) is 0 Å². The van der Waals surface area contributed by atoms with Crippen LogP contribution in [0.1, 0.15) is 15.9 Å². The van der Waals surface area contributed by atoms with Crippen LogP contribution in [0.2, 0.25) is 0 Å². The Kier molecular flexibility index (Phi) is 7.97. The third kappa shape index (κ3) is 5.55. The number of hydrogen-bond donors (Lipinski definition) is 4. The van der Waals surface area contributed by atoms with Crippen LogP contribution in [0.5, 0.6) is 23.0 Å². The molecule has 6 N–H and O–H groups in total. The Labute approximate surface area is 243 Å². The SMILES string of the molecule is COc1cc(Nc2nc(N)c(-c3nc(-c4ccc(C(=O)O)c(OCc5ccccc5)c4N)no3)s2)cc(OC)c1OC. The molecule has 5 aromatic rings. The van der Waals surface area contributed by atoms with Crippen molar-refractivity contribution in [1.82, 2.24) is 15.1 Å². The van der Waals surface area contributed by atoms with E-state index in [4.69, 9.17) is 34.9 Å². The minimum Gasteiger partial charge on any atom is -0.493 e. The van der Waals surface area contributed by atoms with E-state index in [9.17, 15) is 9.90 Å². The largest absolute Gasteiger partial charge is 0.493 e. The van der Waals surface area contributed by atoms with E-state index < -0.39 is 5.97 Å². The molecule has 2 heterocycles. The van der Waals surface area contributed by atoms with E-state index in [0.29, 0.717) is 38.5 Å². The number of aromatic carboxylic acids is 1. The number of carboxylic acid groups (broad SMARTS) is 1. The van der Waals surface area contributed by atoms with Crippen LogP contribution in [0, 0.1) is 0 Å². The molecule has 0 aliphatic rings. The summed E-state index contributed by atoms with van der Waals surface area (Å²) in [5.41, 5.74) is 14.3. The number of hydrogen-bond acceptors (Lipinski definition) is 13. The highest BCUT2D eigenvalue weighted by molar-refractivity contribution is 7.19. The summed E-state index contributed by atoms with van der Waals surface area (Å²) in [4.78, 5) is 21.1. The lowest BCUT2D eigenvalue weighted by atomic mass is 10.1. The number of methoxy groups -OCH3 is 3. The lowest BCUT2D eigenvalue weighted by Gasteiger charge is -2.14. The molecule has 2 aromatic heterocycles.